The summed E-state index contributed by atoms with van der Waals surface area (Å²) >= 11 is 1.15. The highest BCUT2D eigenvalue weighted by Crippen LogP contribution is 2.19. The third-order valence-electron chi connectivity index (χ3n) is 4.33. The van der Waals surface area contributed by atoms with Gasteiger partial charge in [0.05, 0.1) is 11.1 Å². The van der Waals surface area contributed by atoms with Crippen molar-refractivity contribution in [3.63, 3.8) is 0 Å². The minimum atomic E-state index is -0.409. The standard InChI is InChI=1S/C22H19N3O3S/c1-2-12-28-18-11-7-6-10-16(18)14-19-21(27)25-22(29-19)23-20(26)17(24-25)13-15-8-4-3-5-9-15/h3-11,14H,2,12-13H2,1H3. The van der Waals surface area contributed by atoms with Crippen molar-refractivity contribution in [3.8, 4) is 5.75 Å². The lowest BCUT2D eigenvalue weighted by Crippen LogP contribution is -2.28. The first-order chi connectivity index (χ1) is 14.2. The smallest absolute Gasteiger partial charge is 0.296 e. The first kappa shape index (κ1) is 19.0. The molecule has 2 aromatic heterocycles. The van der Waals surface area contributed by atoms with Crippen LogP contribution < -0.4 is 20.4 Å². The average Bonchev–Trinajstić information content (AvgIpc) is 3.03. The number of ether oxygens (including phenoxy) is 1. The maximum atomic E-state index is 12.9. The Labute approximate surface area is 170 Å². The van der Waals surface area contributed by atoms with Crippen molar-refractivity contribution in [1.29, 1.82) is 0 Å². The van der Waals surface area contributed by atoms with E-state index in [0.717, 1.165) is 28.9 Å². The molecule has 0 aliphatic heterocycles. The van der Waals surface area contributed by atoms with E-state index < -0.39 is 5.56 Å². The number of fused-ring (bicyclic) bond motifs is 1. The van der Waals surface area contributed by atoms with E-state index in [-0.39, 0.29) is 16.2 Å². The fraction of sp³-hybridized carbons (Fsp3) is 0.182. The molecule has 0 N–H and O–H groups in total. The summed E-state index contributed by atoms with van der Waals surface area (Å²) in [7, 11) is 0. The summed E-state index contributed by atoms with van der Waals surface area (Å²) in [5, 5.41) is 4.29. The zero-order valence-electron chi connectivity index (χ0n) is 15.9. The largest absolute Gasteiger partial charge is 0.493 e. The van der Waals surface area contributed by atoms with Gasteiger partial charge in [0.1, 0.15) is 11.4 Å². The summed E-state index contributed by atoms with van der Waals surface area (Å²) in [5.41, 5.74) is 1.29. The van der Waals surface area contributed by atoms with Crippen molar-refractivity contribution in [3.05, 3.63) is 96.7 Å². The van der Waals surface area contributed by atoms with Gasteiger partial charge in [-0.1, -0.05) is 66.8 Å². The second-order valence-corrected chi connectivity index (χ2v) is 7.53. The van der Waals surface area contributed by atoms with Gasteiger partial charge in [-0.05, 0) is 24.1 Å². The van der Waals surface area contributed by atoms with Crippen molar-refractivity contribution in [2.75, 3.05) is 6.61 Å². The second-order valence-electron chi connectivity index (χ2n) is 6.52. The predicted molar refractivity (Wildman–Crippen MR) is 114 cm³/mol. The molecule has 2 heterocycles. The maximum absolute atomic E-state index is 12.9. The molecule has 29 heavy (non-hydrogen) atoms. The van der Waals surface area contributed by atoms with Crippen LogP contribution in [-0.4, -0.2) is 21.2 Å². The molecule has 146 valence electrons. The molecule has 0 radical (unpaired) electrons. The molecule has 4 rings (SSSR count). The molecule has 6 nitrogen and oxygen atoms in total. The van der Waals surface area contributed by atoms with Gasteiger partial charge in [-0.25, -0.2) is 0 Å². The third kappa shape index (κ3) is 4.09. The van der Waals surface area contributed by atoms with Crippen LogP contribution in [0.3, 0.4) is 0 Å². The van der Waals surface area contributed by atoms with Crippen LogP contribution in [0, 0.1) is 0 Å². The molecule has 0 saturated heterocycles. The molecule has 0 atom stereocenters. The quantitative estimate of drug-likeness (QED) is 0.493. The molecule has 0 amide bonds. The minimum Gasteiger partial charge on any atom is -0.493 e. The number of aromatic nitrogens is 3. The maximum Gasteiger partial charge on any atom is 0.296 e. The van der Waals surface area contributed by atoms with Crippen molar-refractivity contribution < 1.29 is 4.74 Å². The highest BCUT2D eigenvalue weighted by molar-refractivity contribution is 7.15. The van der Waals surface area contributed by atoms with Crippen molar-refractivity contribution >= 4 is 22.4 Å². The lowest BCUT2D eigenvalue weighted by Gasteiger charge is -2.07. The second kappa shape index (κ2) is 8.36. The Morgan fingerprint density at radius 2 is 1.83 bits per heavy atom. The fourth-order valence-corrected chi connectivity index (χ4v) is 3.82. The highest BCUT2D eigenvalue weighted by atomic mass is 32.1. The van der Waals surface area contributed by atoms with Crippen LogP contribution >= 0.6 is 11.3 Å². The molecule has 0 fully saturated rings. The van der Waals surface area contributed by atoms with E-state index in [2.05, 4.69) is 10.1 Å². The Morgan fingerprint density at radius 3 is 2.62 bits per heavy atom. The Kier molecular flexibility index (Phi) is 5.48. The number of thiazole rings is 1. The van der Waals surface area contributed by atoms with Crippen LogP contribution in [0.2, 0.25) is 0 Å². The van der Waals surface area contributed by atoms with E-state index in [1.807, 2.05) is 61.5 Å². The van der Waals surface area contributed by atoms with E-state index in [9.17, 15) is 9.59 Å². The van der Waals surface area contributed by atoms with Gasteiger partial charge >= 0.3 is 0 Å². The SMILES string of the molecule is CCCOc1ccccc1C=c1sc2nc(=O)c(Cc3ccccc3)nn2c1=O. The van der Waals surface area contributed by atoms with Crippen LogP contribution in [0.4, 0.5) is 0 Å². The molecular weight excluding hydrogens is 386 g/mol. The van der Waals surface area contributed by atoms with Gasteiger partial charge in [0.25, 0.3) is 11.1 Å². The van der Waals surface area contributed by atoms with Crippen molar-refractivity contribution in [2.24, 2.45) is 0 Å². The van der Waals surface area contributed by atoms with Gasteiger partial charge in [0, 0.05) is 12.0 Å². The zero-order chi connectivity index (χ0) is 20.2. The van der Waals surface area contributed by atoms with Gasteiger partial charge in [-0.15, -0.1) is 0 Å². The Bertz CT molecular complexity index is 1310. The predicted octanol–water partition coefficient (Wildman–Crippen LogP) is 2.44. The molecule has 0 aliphatic carbocycles. The van der Waals surface area contributed by atoms with Crippen LogP contribution in [0.15, 0.2) is 64.2 Å². The fourth-order valence-electron chi connectivity index (χ4n) is 2.93. The van der Waals surface area contributed by atoms with Crippen LogP contribution in [0.25, 0.3) is 11.0 Å². The van der Waals surface area contributed by atoms with Gasteiger partial charge in [-0.3, -0.25) is 9.59 Å². The average molecular weight is 405 g/mol. The summed E-state index contributed by atoms with van der Waals surface area (Å²) in [6, 6.07) is 17.1. The van der Waals surface area contributed by atoms with E-state index in [4.69, 9.17) is 4.74 Å². The van der Waals surface area contributed by atoms with Crippen LogP contribution in [-0.2, 0) is 6.42 Å². The molecule has 0 bridgehead atoms. The number of para-hydroxylation sites is 1. The number of hydrogen-bond donors (Lipinski definition) is 0. The van der Waals surface area contributed by atoms with Gasteiger partial charge in [0.2, 0.25) is 4.96 Å². The molecule has 4 aromatic rings. The molecule has 2 aromatic carbocycles. The zero-order valence-corrected chi connectivity index (χ0v) is 16.7. The first-order valence-electron chi connectivity index (χ1n) is 9.36. The van der Waals surface area contributed by atoms with Gasteiger partial charge < -0.3 is 4.74 Å². The summed E-state index contributed by atoms with van der Waals surface area (Å²) in [5.74, 6) is 0.714. The lowest BCUT2D eigenvalue weighted by atomic mass is 10.1. The summed E-state index contributed by atoms with van der Waals surface area (Å²) in [4.78, 5) is 29.6. The molecule has 0 unspecified atom stereocenters. The minimum absolute atomic E-state index is 0.252. The van der Waals surface area contributed by atoms with E-state index in [0.29, 0.717) is 23.3 Å². The normalized spacial score (nSPS) is 11.8. The van der Waals surface area contributed by atoms with Gasteiger partial charge in [0.15, 0.2) is 0 Å². The lowest BCUT2D eigenvalue weighted by molar-refractivity contribution is 0.317. The molecule has 7 heteroatoms. The summed E-state index contributed by atoms with van der Waals surface area (Å²) in [6.45, 7) is 2.64. The Balaban J connectivity index is 1.78. The Morgan fingerprint density at radius 1 is 1.07 bits per heavy atom. The summed E-state index contributed by atoms with van der Waals surface area (Å²) in [6.07, 6.45) is 2.98. The van der Waals surface area contributed by atoms with Gasteiger partial charge in [-0.2, -0.15) is 14.6 Å². The van der Waals surface area contributed by atoms with Crippen molar-refractivity contribution in [2.45, 2.75) is 19.8 Å². The van der Waals surface area contributed by atoms with E-state index in [1.54, 1.807) is 6.08 Å². The number of nitrogens with zero attached hydrogens (tertiary/aromatic N) is 3. The molecular formula is C22H19N3O3S. The topological polar surface area (TPSA) is 73.6 Å². The van der Waals surface area contributed by atoms with Crippen LogP contribution in [0.5, 0.6) is 5.75 Å². The number of benzene rings is 2. The monoisotopic (exact) mass is 405 g/mol. The summed E-state index contributed by atoms with van der Waals surface area (Å²) < 4.78 is 7.43. The van der Waals surface area contributed by atoms with E-state index >= 15 is 0 Å². The third-order valence-corrected chi connectivity index (χ3v) is 5.29. The number of rotatable bonds is 6. The first-order valence-corrected chi connectivity index (χ1v) is 10.2. The molecule has 0 spiro atoms. The molecule has 0 aliphatic rings. The Hall–Kier alpha value is -3.32. The van der Waals surface area contributed by atoms with Crippen LogP contribution in [0.1, 0.15) is 30.2 Å². The number of hydrogen-bond acceptors (Lipinski definition) is 6. The van der Waals surface area contributed by atoms with Crippen molar-refractivity contribution in [1.82, 2.24) is 14.6 Å². The highest BCUT2D eigenvalue weighted by Gasteiger charge is 2.12. The molecule has 0 saturated carbocycles. The van der Waals surface area contributed by atoms with E-state index in [1.165, 1.54) is 4.52 Å².